The molecule has 0 bridgehead atoms. The highest BCUT2D eigenvalue weighted by Crippen LogP contribution is 2.37. The Hall–Kier alpha value is -4.24. The molecule has 1 N–H and O–H groups in total. The molecule has 3 aromatic carbocycles. The Balaban J connectivity index is 1.78. The van der Waals surface area contributed by atoms with Gasteiger partial charge in [-0.3, -0.25) is 9.36 Å². The number of halogens is 1. The van der Waals surface area contributed by atoms with Gasteiger partial charge in [-0.25, -0.2) is 14.8 Å². The van der Waals surface area contributed by atoms with Gasteiger partial charge in [-0.2, -0.15) is 0 Å². The smallest absolute Gasteiger partial charge is 0.344 e. The lowest BCUT2D eigenvalue weighted by Gasteiger charge is -2.15. The number of carbonyl (C=O) groups excluding carboxylic acids is 2. The maximum atomic E-state index is 13.7. The van der Waals surface area contributed by atoms with Gasteiger partial charge in [0.2, 0.25) is 0 Å². The number of unbranched alkanes of at least 4 members (excludes halogenated alkanes) is 2. The third-order valence-electron chi connectivity index (χ3n) is 6.29. The number of aromatic nitrogens is 3. The van der Waals surface area contributed by atoms with E-state index >= 15 is 0 Å². The van der Waals surface area contributed by atoms with Gasteiger partial charge in [0, 0.05) is 10.0 Å². The predicted molar refractivity (Wildman–Crippen MR) is 155 cm³/mol. The molecule has 198 valence electrons. The quantitative estimate of drug-likeness (QED) is 0.148. The summed E-state index contributed by atoms with van der Waals surface area (Å²) in [4.78, 5) is 36.9. The summed E-state index contributed by atoms with van der Waals surface area (Å²) in [5, 5.41) is 2.97. The summed E-state index contributed by atoms with van der Waals surface area (Å²) >= 11 is 3.42. The molecule has 0 aliphatic rings. The van der Waals surface area contributed by atoms with E-state index in [0.717, 1.165) is 23.7 Å². The van der Waals surface area contributed by atoms with Crippen LogP contribution in [0.25, 0.3) is 27.9 Å². The highest BCUT2D eigenvalue weighted by molar-refractivity contribution is 9.10. The molecule has 2 heterocycles. The summed E-state index contributed by atoms with van der Waals surface area (Å²) < 4.78 is 13.8. The number of anilines is 1. The van der Waals surface area contributed by atoms with Gasteiger partial charge in [-0.15, -0.1) is 0 Å². The van der Waals surface area contributed by atoms with Gasteiger partial charge in [0.1, 0.15) is 22.6 Å². The number of para-hydroxylation sites is 4. The van der Waals surface area contributed by atoms with E-state index in [-0.39, 0.29) is 18.0 Å². The Bertz CT molecular complexity index is 1680. The van der Waals surface area contributed by atoms with E-state index in [9.17, 15) is 9.59 Å². The first-order chi connectivity index (χ1) is 19.0. The minimum Gasteiger partial charge on any atom is -0.495 e. The van der Waals surface area contributed by atoms with Crippen LogP contribution in [0.3, 0.4) is 0 Å². The lowest BCUT2D eigenvalue weighted by atomic mass is 10.2. The van der Waals surface area contributed by atoms with E-state index in [1.54, 1.807) is 35.9 Å². The molecule has 0 radical (unpaired) electrons. The minimum absolute atomic E-state index is 0.133. The number of esters is 1. The number of rotatable bonds is 9. The van der Waals surface area contributed by atoms with Crippen molar-refractivity contribution in [1.82, 2.24) is 14.5 Å². The van der Waals surface area contributed by atoms with Crippen LogP contribution in [-0.2, 0) is 4.74 Å². The van der Waals surface area contributed by atoms with E-state index in [1.165, 1.54) is 0 Å². The number of carbonyl (C=O) groups is 2. The normalized spacial score (nSPS) is 11.1. The molecular formula is C30H27BrN4O4. The van der Waals surface area contributed by atoms with Crippen molar-refractivity contribution >= 4 is 55.8 Å². The fraction of sp³-hybridized carbons (Fsp3) is 0.200. The van der Waals surface area contributed by atoms with Crippen LogP contribution in [0.15, 0.2) is 77.3 Å². The van der Waals surface area contributed by atoms with Gasteiger partial charge < -0.3 is 14.8 Å². The monoisotopic (exact) mass is 586 g/mol. The lowest BCUT2D eigenvalue weighted by molar-refractivity contribution is 0.0501. The van der Waals surface area contributed by atoms with Gasteiger partial charge in [-0.05, 0) is 48.9 Å². The Morgan fingerprint density at radius 1 is 0.949 bits per heavy atom. The van der Waals surface area contributed by atoms with Crippen molar-refractivity contribution in [2.45, 2.75) is 26.2 Å². The number of amides is 1. The molecule has 0 unspecified atom stereocenters. The van der Waals surface area contributed by atoms with Crippen molar-refractivity contribution in [3.8, 4) is 11.4 Å². The molecule has 0 fully saturated rings. The highest BCUT2D eigenvalue weighted by atomic mass is 79.9. The molecule has 9 heteroatoms. The zero-order valence-corrected chi connectivity index (χ0v) is 23.2. The topological polar surface area (TPSA) is 95.3 Å². The van der Waals surface area contributed by atoms with Crippen LogP contribution in [0.1, 0.15) is 46.9 Å². The zero-order valence-electron chi connectivity index (χ0n) is 21.6. The highest BCUT2D eigenvalue weighted by Gasteiger charge is 2.30. The van der Waals surface area contributed by atoms with Crippen LogP contribution >= 0.6 is 15.9 Å². The number of benzene rings is 3. The number of ether oxygens (including phenoxy) is 2. The van der Waals surface area contributed by atoms with E-state index in [0.29, 0.717) is 39.2 Å². The maximum absolute atomic E-state index is 13.7. The van der Waals surface area contributed by atoms with Crippen molar-refractivity contribution in [2.24, 2.45) is 0 Å². The third-order valence-corrected chi connectivity index (χ3v) is 6.78. The van der Waals surface area contributed by atoms with Crippen LogP contribution in [-0.4, -0.2) is 40.1 Å². The summed E-state index contributed by atoms with van der Waals surface area (Å²) in [6.45, 7) is 2.34. The average molecular weight is 587 g/mol. The number of methoxy groups -OCH3 is 1. The van der Waals surface area contributed by atoms with Crippen molar-refractivity contribution in [1.29, 1.82) is 0 Å². The lowest BCUT2D eigenvalue weighted by Crippen LogP contribution is -2.18. The third kappa shape index (κ3) is 5.35. The summed E-state index contributed by atoms with van der Waals surface area (Å²) in [5.41, 5.74) is 3.11. The number of nitrogens with zero attached hydrogens (tertiary/aromatic N) is 3. The Labute approximate surface area is 234 Å². The second-order valence-electron chi connectivity index (χ2n) is 8.92. The molecule has 1 amide bonds. The van der Waals surface area contributed by atoms with Crippen LogP contribution in [0, 0.1) is 0 Å². The van der Waals surface area contributed by atoms with Crippen LogP contribution in [0.2, 0.25) is 0 Å². The molecule has 0 spiro atoms. The summed E-state index contributed by atoms with van der Waals surface area (Å²) in [5.74, 6) is -0.251. The molecule has 0 saturated heterocycles. The fourth-order valence-electron chi connectivity index (χ4n) is 4.40. The van der Waals surface area contributed by atoms with Crippen LogP contribution < -0.4 is 10.1 Å². The van der Waals surface area contributed by atoms with Crippen molar-refractivity contribution < 1.29 is 19.1 Å². The molecule has 5 rings (SSSR count). The van der Waals surface area contributed by atoms with Gasteiger partial charge in [0.05, 0.1) is 30.4 Å². The molecule has 39 heavy (non-hydrogen) atoms. The Kier molecular flexibility index (Phi) is 7.88. The van der Waals surface area contributed by atoms with Gasteiger partial charge in [0.15, 0.2) is 5.65 Å². The molecule has 8 nitrogen and oxygen atoms in total. The van der Waals surface area contributed by atoms with Crippen molar-refractivity contribution in [3.63, 3.8) is 0 Å². The number of fused-ring (bicyclic) bond motifs is 2. The molecule has 0 aliphatic heterocycles. The molecule has 0 aliphatic carbocycles. The van der Waals surface area contributed by atoms with E-state index in [4.69, 9.17) is 19.4 Å². The average Bonchev–Trinajstić information content (AvgIpc) is 3.26. The van der Waals surface area contributed by atoms with Gasteiger partial charge in [-0.1, -0.05) is 66.0 Å². The van der Waals surface area contributed by atoms with Crippen LogP contribution in [0.4, 0.5) is 5.82 Å². The largest absolute Gasteiger partial charge is 0.495 e. The van der Waals surface area contributed by atoms with Crippen molar-refractivity contribution in [2.75, 3.05) is 19.0 Å². The zero-order chi connectivity index (χ0) is 27.4. The fourth-order valence-corrected chi connectivity index (χ4v) is 4.80. The van der Waals surface area contributed by atoms with Gasteiger partial charge >= 0.3 is 5.97 Å². The second kappa shape index (κ2) is 11.7. The molecule has 0 atom stereocenters. The first kappa shape index (κ1) is 26.4. The predicted octanol–water partition coefficient (Wildman–Crippen LogP) is 6.94. The SMILES string of the molecule is CCCCCOC(=O)c1c(NC(=O)c2cccc(Br)c2)n(-c2ccccc2OC)c2nc3ccccc3nc12. The summed E-state index contributed by atoms with van der Waals surface area (Å²) in [6, 6.07) is 21.8. The minimum atomic E-state index is -0.584. The second-order valence-corrected chi connectivity index (χ2v) is 9.84. The molecule has 5 aromatic rings. The van der Waals surface area contributed by atoms with E-state index < -0.39 is 11.9 Å². The summed E-state index contributed by atoms with van der Waals surface area (Å²) in [6.07, 6.45) is 2.67. The van der Waals surface area contributed by atoms with Crippen molar-refractivity contribution in [3.05, 3.63) is 88.4 Å². The van der Waals surface area contributed by atoms with Gasteiger partial charge in [0.25, 0.3) is 5.91 Å². The first-order valence-electron chi connectivity index (χ1n) is 12.7. The maximum Gasteiger partial charge on any atom is 0.344 e. The van der Waals surface area contributed by atoms with Crippen LogP contribution in [0.5, 0.6) is 5.75 Å². The summed E-state index contributed by atoms with van der Waals surface area (Å²) in [7, 11) is 1.56. The molecule has 2 aromatic heterocycles. The molecule has 0 saturated carbocycles. The van der Waals surface area contributed by atoms with E-state index in [1.807, 2.05) is 48.5 Å². The Morgan fingerprint density at radius 2 is 1.69 bits per heavy atom. The van der Waals surface area contributed by atoms with E-state index in [2.05, 4.69) is 28.2 Å². The number of hydrogen-bond acceptors (Lipinski definition) is 6. The first-order valence-corrected chi connectivity index (χ1v) is 13.5. The number of hydrogen-bond donors (Lipinski definition) is 1. The number of nitrogens with one attached hydrogen (secondary N) is 1. The standard InChI is InChI=1S/C30H27BrN4O4/c1-3-4-9-17-39-30(37)25-26-28(33-22-14-6-5-13-21(22)32-26)35(23-15-7-8-16-24(23)38-2)27(25)34-29(36)19-11-10-12-20(31)18-19/h5-8,10-16,18H,3-4,9,17H2,1-2H3,(H,34,36). The Morgan fingerprint density at radius 3 is 2.44 bits per heavy atom. The molecular weight excluding hydrogens is 560 g/mol.